The summed E-state index contributed by atoms with van der Waals surface area (Å²) in [6.45, 7) is 8.46. The SMILES string of the molecule is CC12CC[C@H]3[C@@H](CC[C@@H]4C[C@@H](NC(=O)N5CCNCC5)CCC43C)C1=CC[C@@H]2c1ccc(=O)oc1. The van der Waals surface area contributed by atoms with Gasteiger partial charge in [-0.2, -0.15) is 0 Å². The van der Waals surface area contributed by atoms with Crippen LogP contribution >= 0.6 is 0 Å². The Kier molecular flexibility index (Phi) is 5.86. The Morgan fingerprint density at radius 3 is 2.71 bits per heavy atom. The summed E-state index contributed by atoms with van der Waals surface area (Å²) in [5.74, 6) is 2.56. The van der Waals surface area contributed by atoms with Gasteiger partial charge in [0.25, 0.3) is 0 Å². The molecule has 7 atom stereocenters. The summed E-state index contributed by atoms with van der Waals surface area (Å²) in [6, 6.07) is 4.03. The summed E-state index contributed by atoms with van der Waals surface area (Å²) < 4.78 is 5.25. The molecule has 4 aliphatic carbocycles. The predicted octanol–water partition coefficient (Wildman–Crippen LogP) is 4.67. The fourth-order valence-electron chi connectivity index (χ4n) is 8.92. The van der Waals surface area contributed by atoms with E-state index >= 15 is 0 Å². The number of urea groups is 1. The van der Waals surface area contributed by atoms with Crippen LogP contribution in [0.1, 0.15) is 76.7 Å². The number of hydrogen-bond donors (Lipinski definition) is 2. The van der Waals surface area contributed by atoms with Crippen molar-refractivity contribution in [3.63, 3.8) is 0 Å². The van der Waals surface area contributed by atoms with E-state index in [-0.39, 0.29) is 17.1 Å². The number of fused-ring (bicyclic) bond motifs is 5. The van der Waals surface area contributed by atoms with E-state index < -0.39 is 0 Å². The molecule has 2 N–H and O–H groups in total. The summed E-state index contributed by atoms with van der Waals surface area (Å²) in [4.78, 5) is 26.3. The maximum atomic E-state index is 12.8. The molecule has 2 amide bonds. The molecule has 1 aromatic heterocycles. The van der Waals surface area contributed by atoms with Crippen LogP contribution in [0.3, 0.4) is 0 Å². The Morgan fingerprint density at radius 2 is 1.94 bits per heavy atom. The van der Waals surface area contributed by atoms with E-state index in [4.69, 9.17) is 4.42 Å². The lowest BCUT2D eigenvalue weighted by molar-refractivity contribution is -0.0588. The smallest absolute Gasteiger partial charge is 0.335 e. The van der Waals surface area contributed by atoms with Crippen LogP contribution in [0.25, 0.3) is 0 Å². The van der Waals surface area contributed by atoms with E-state index in [9.17, 15) is 9.59 Å². The molecule has 3 saturated carbocycles. The lowest BCUT2D eigenvalue weighted by Gasteiger charge is -2.60. The van der Waals surface area contributed by atoms with E-state index in [1.54, 1.807) is 17.9 Å². The molecule has 0 spiro atoms. The van der Waals surface area contributed by atoms with Gasteiger partial charge in [-0.1, -0.05) is 25.5 Å². The zero-order valence-electron chi connectivity index (χ0n) is 21.4. The van der Waals surface area contributed by atoms with E-state index in [0.717, 1.165) is 51.4 Å². The second kappa shape index (κ2) is 8.79. The van der Waals surface area contributed by atoms with Crippen molar-refractivity contribution in [2.75, 3.05) is 26.2 Å². The number of nitrogens with zero attached hydrogens (tertiary/aromatic N) is 1. The fraction of sp³-hybridized carbons (Fsp3) is 0.724. The van der Waals surface area contributed by atoms with Gasteiger partial charge in [0.2, 0.25) is 0 Å². The van der Waals surface area contributed by atoms with Gasteiger partial charge < -0.3 is 20.0 Å². The van der Waals surface area contributed by atoms with Gasteiger partial charge in [0.05, 0.1) is 6.26 Å². The van der Waals surface area contributed by atoms with Crippen molar-refractivity contribution in [3.05, 3.63) is 46.0 Å². The molecule has 190 valence electrons. The van der Waals surface area contributed by atoms with Gasteiger partial charge >= 0.3 is 11.7 Å². The van der Waals surface area contributed by atoms with Crippen LogP contribution in [-0.4, -0.2) is 43.2 Å². The Bertz CT molecular complexity index is 1040. The summed E-state index contributed by atoms with van der Waals surface area (Å²) in [6.07, 6.45) is 13.8. The van der Waals surface area contributed by atoms with Gasteiger partial charge in [-0.15, -0.1) is 0 Å². The topological polar surface area (TPSA) is 74.6 Å². The summed E-state index contributed by atoms with van der Waals surface area (Å²) in [7, 11) is 0. The molecule has 6 heteroatoms. The average molecular weight is 480 g/mol. The minimum Gasteiger partial charge on any atom is -0.431 e. The first-order valence-corrected chi connectivity index (χ1v) is 13.9. The van der Waals surface area contributed by atoms with Crippen LogP contribution < -0.4 is 16.3 Å². The van der Waals surface area contributed by atoms with Gasteiger partial charge in [0.1, 0.15) is 0 Å². The number of carbonyl (C=O) groups excluding carboxylic acids is 1. The Morgan fingerprint density at radius 1 is 1.11 bits per heavy atom. The number of nitrogens with one attached hydrogen (secondary N) is 2. The molecule has 1 aliphatic heterocycles. The van der Waals surface area contributed by atoms with Crippen LogP contribution in [0.15, 0.2) is 39.3 Å². The number of allylic oxidation sites excluding steroid dienone is 2. The quantitative estimate of drug-likeness (QED) is 0.605. The standard InChI is InChI=1S/C29H41N3O3/c1-28-11-9-21(31-27(34)32-15-13-30-14-16-32)17-20(28)4-5-22-24-7-6-23(19-3-8-26(33)35-18-19)29(24,2)12-10-25(22)28/h3,7-8,18,20-23,25,30H,4-6,9-17H2,1-2H3,(H,31,34)/t20-,21+,22+,23-,25+,28?,29?/m1/s1. The molecule has 2 unspecified atom stereocenters. The van der Waals surface area contributed by atoms with Crippen LogP contribution in [0.5, 0.6) is 0 Å². The number of amides is 2. The normalized spacial score (nSPS) is 40.8. The predicted molar refractivity (Wildman–Crippen MR) is 136 cm³/mol. The third-order valence-electron chi connectivity index (χ3n) is 10.9. The van der Waals surface area contributed by atoms with E-state index in [0.29, 0.717) is 29.2 Å². The average Bonchev–Trinajstić information content (AvgIpc) is 3.22. The number of piperazine rings is 1. The highest BCUT2D eigenvalue weighted by molar-refractivity contribution is 5.74. The van der Waals surface area contributed by atoms with Gasteiger partial charge in [0, 0.05) is 38.3 Å². The largest absolute Gasteiger partial charge is 0.431 e. The molecule has 6 nitrogen and oxygen atoms in total. The molecule has 0 bridgehead atoms. The molecule has 1 saturated heterocycles. The van der Waals surface area contributed by atoms with Crippen molar-refractivity contribution in [3.8, 4) is 0 Å². The second-order valence-electron chi connectivity index (χ2n) is 12.4. The van der Waals surface area contributed by atoms with Crippen LogP contribution in [0.4, 0.5) is 4.79 Å². The molecule has 2 heterocycles. The van der Waals surface area contributed by atoms with Crippen LogP contribution in [0, 0.1) is 28.6 Å². The monoisotopic (exact) mass is 479 g/mol. The van der Waals surface area contributed by atoms with E-state index in [1.807, 2.05) is 11.0 Å². The van der Waals surface area contributed by atoms with Crippen LogP contribution in [0.2, 0.25) is 0 Å². The molecular weight excluding hydrogens is 438 g/mol. The maximum Gasteiger partial charge on any atom is 0.335 e. The van der Waals surface area contributed by atoms with E-state index in [2.05, 4.69) is 30.6 Å². The van der Waals surface area contributed by atoms with Crippen molar-refractivity contribution in [1.29, 1.82) is 0 Å². The first kappa shape index (κ1) is 23.3. The van der Waals surface area contributed by atoms with Crippen molar-refractivity contribution >= 4 is 6.03 Å². The molecule has 4 fully saturated rings. The molecule has 0 radical (unpaired) electrons. The lowest BCUT2D eigenvalue weighted by atomic mass is 9.45. The molecule has 6 rings (SSSR count). The summed E-state index contributed by atoms with van der Waals surface area (Å²) in [5, 5.41) is 6.73. The Hall–Kier alpha value is -2.08. The lowest BCUT2D eigenvalue weighted by Crippen LogP contribution is -2.56. The van der Waals surface area contributed by atoms with Gasteiger partial charge in [0.15, 0.2) is 0 Å². The summed E-state index contributed by atoms with van der Waals surface area (Å²) >= 11 is 0. The molecule has 1 aromatic rings. The van der Waals surface area contributed by atoms with E-state index in [1.165, 1.54) is 37.7 Å². The van der Waals surface area contributed by atoms with Crippen molar-refractivity contribution < 1.29 is 9.21 Å². The number of carbonyl (C=O) groups is 1. The number of hydrogen-bond acceptors (Lipinski definition) is 4. The van der Waals surface area contributed by atoms with Crippen molar-refractivity contribution in [2.24, 2.45) is 28.6 Å². The van der Waals surface area contributed by atoms with Crippen LogP contribution in [-0.2, 0) is 0 Å². The number of rotatable bonds is 2. The highest BCUT2D eigenvalue weighted by Gasteiger charge is 2.57. The zero-order chi connectivity index (χ0) is 24.2. The molecule has 0 aromatic carbocycles. The molecule has 35 heavy (non-hydrogen) atoms. The molecule has 5 aliphatic rings. The van der Waals surface area contributed by atoms with Gasteiger partial charge in [-0.25, -0.2) is 9.59 Å². The first-order valence-electron chi connectivity index (χ1n) is 13.9. The minimum atomic E-state index is -0.264. The first-order chi connectivity index (χ1) is 16.9. The highest BCUT2D eigenvalue weighted by Crippen LogP contribution is 2.67. The summed E-state index contributed by atoms with van der Waals surface area (Å²) in [5.41, 5.74) is 3.16. The minimum absolute atomic E-state index is 0.140. The van der Waals surface area contributed by atoms with Gasteiger partial charge in [-0.05, 0) is 97.5 Å². The Labute approximate surface area is 208 Å². The van der Waals surface area contributed by atoms with Crippen molar-refractivity contribution in [1.82, 2.24) is 15.5 Å². The highest BCUT2D eigenvalue weighted by atomic mass is 16.4. The third-order valence-corrected chi connectivity index (χ3v) is 10.9. The van der Waals surface area contributed by atoms with Gasteiger partial charge in [-0.3, -0.25) is 0 Å². The second-order valence-corrected chi connectivity index (χ2v) is 12.4. The Balaban J connectivity index is 1.15. The third kappa shape index (κ3) is 3.87. The van der Waals surface area contributed by atoms with Crippen molar-refractivity contribution in [2.45, 2.75) is 77.2 Å². The fourth-order valence-corrected chi connectivity index (χ4v) is 8.92. The zero-order valence-corrected chi connectivity index (χ0v) is 21.4. The molecular formula is C29H41N3O3. The maximum absolute atomic E-state index is 12.8.